The molecular weight excluding hydrogens is 295 g/mol. The van der Waals surface area contributed by atoms with Crippen LogP contribution < -0.4 is 0 Å². The summed E-state index contributed by atoms with van der Waals surface area (Å²) in [4.78, 5) is 15.4. The lowest BCUT2D eigenvalue weighted by Gasteiger charge is -2.02. The number of rotatable bonds is 4. The van der Waals surface area contributed by atoms with Gasteiger partial charge in [0.15, 0.2) is 0 Å². The minimum atomic E-state index is -1.01. The van der Waals surface area contributed by atoms with Crippen LogP contribution in [0.4, 0.5) is 4.39 Å². The molecule has 5 heteroatoms. The number of aryl methyl sites for hydroxylation is 1. The van der Waals surface area contributed by atoms with Gasteiger partial charge in [0.1, 0.15) is 11.5 Å². The third-order valence-corrected chi connectivity index (χ3v) is 3.55. The van der Waals surface area contributed by atoms with Crippen LogP contribution in [0.2, 0.25) is 0 Å². The number of carboxylic acid groups (broad SMARTS) is 1. The molecule has 0 radical (unpaired) electrons. The zero-order chi connectivity index (χ0) is 16.4. The van der Waals surface area contributed by atoms with E-state index in [9.17, 15) is 9.18 Å². The topological polar surface area (TPSA) is 54.6 Å². The summed E-state index contributed by atoms with van der Waals surface area (Å²) in [5.41, 5.74) is 4.18. The number of aromatic nitrogens is 2. The van der Waals surface area contributed by atoms with E-state index < -0.39 is 5.97 Å². The van der Waals surface area contributed by atoms with E-state index in [1.165, 1.54) is 12.1 Å². The Morgan fingerprint density at radius 3 is 2.70 bits per heavy atom. The third-order valence-electron chi connectivity index (χ3n) is 3.55. The molecule has 3 rings (SSSR count). The van der Waals surface area contributed by atoms with Gasteiger partial charge in [-0.05, 0) is 42.3 Å². The molecule has 0 amide bonds. The van der Waals surface area contributed by atoms with Gasteiger partial charge >= 0.3 is 5.97 Å². The Kier molecular flexibility index (Phi) is 3.93. The Bertz CT molecular complexity index is 895. The average molecular weight is 310 g/mol. The van der Waals surface area contributed by atoms with Gasteiger partial charge in [0.05, 0.1) is 11.4 Å². The third kappa shape index (κ3) is 3.29. The molecule has 1 aromatic carbocycles. The maximum absolute atomic E-state index is 13.0. The maximum Gasteiger partial charge on any atom is 0.328 e. The van der Waals surface area contributed by atoms with Crippen molar-refractivity contribution in [1.82, 2.24) is 9.38 Å². The number of carboxylic acids is 1. The lowest BCUT2D eigenvalue weighted by molar-refractivity contribution is -0.131. The Labute approximate surface area is 132 Å². The number of fused-ring (bicyclic) bond motifs is 1. The molecule has 0 saturated heterocycles. The molecule has 0 fully saturated rings. The van der Waals surface area contributed by atoms with Crippen molar-refractivity contribution in [2.45, 2.75) is 13.3 Å². The first-order valence-corrected chi connectivity index (χ1v) is 7.16. The van der Waals surface area contributed by atoms with E-state index in [0.717, 1.165) is 34.2 Å². The van der Waals surface area contributed by atoms with Crippen molar-refractivity contribution in [2.75, 3.05) is 0 Å². The van der Waals surface area contributed by atoms with Gasteiger partial charge in [0, 0.05) is 18.7 Å². The Balaban J connectivity index is 2.08. The molecule has 0 unspecified atom stereocenters. The van der Waals surface area contributed by atoms with Gasteiger partial charge in [-0.1, -0.05) is 18.2 Å². The highest BCUT2D eigenvalue weighted by Crippen LogP contribution is 2.19. The number of benzene rings is 1. The van der Waals surface area contributed by atoms with Crippen LogP contribution in [0.3, 0.4) is 0 Å². The van der Waals surface area contributed by atoms with Crippen LogP contribution in [0.25, 0.3) is 11.7 Å². The van der Waals surface area contributed by atoms with Crippen LogP contribution in [0, 0.1) is 12.7 Å². The van der Waals surface area contributed by atoms with Crippen molar-refractivity contribution >= 4 is 17.7 Å². The smallest absolute Gasteiger partial charge is 0.328 e. The zero-order valence-electron chi connectivity index (χ0n) is 12.5. The van der Waals surface area contributed by atoms with Crippen molar-refractivity contribution in [3.8, 4) is 0 Å². The molecule has 23 heavy (non-hydrogen) atoms. The molecule has 0 aliphatic carbocycles. The van der Waals surface area contributed by atoms with E-state index in [-0.39, 0.29) is 5.82 Å². The minimum absolute atomic E-state index is 0.287. The van der Waals surface area contributed by atoms with Crippen LogP contribution >= 0.6 is 0 Å². The molecule has 2 aromatic heterocycles. The lowest BCUT2D eigenvalue weighted by atomic mass is 10.1. The number of pyridine rings is 1. The second-order valence-corrected chi connectivity index (χ2v) is 5.35. The largest absolute Gasteiger partial charge is 0.478 e. The molecule has 2 heterocycles. The summed E-state index contributed by atoms with van der Waals surface area (Å²) < 4.78 is 14.9. The Morgan fingerprint density at radius 1 is 1.26 bits per heavy atom. The molecule has 4 nitrogen and oxygen atoms in total. The first-order valence-electron chi connectivity index (χ1n) is 7.16. The first kappa shape index (κ1) is 15.0. The van der Waals surface area contributed by atoms with Gasteiger partial charge in [-0.2, -0.15) is 0 Å². The summed E-state index contributed by atoms with van der Waals surface area (Å²) >= 11 is 0. The summed E-state index contributed by atoms with van der Waals surface area (Å²) in [6.45, 7) is 1.96. The Morgan fingerprint density at radius 2 is 2.00 bits per heavy atom. The minimum Gasteiger partial charge on any atom is -0.478 e. The number of hydrogen-bond donors (Lipinski definition) is 1. The van der Waals surface area contributed by atoms with Crippen LogP contribution in [0.1, 0.15) is 22.5 Å². The van der Waals surface area contributed by atoms with E-state index in [1.807, 2.05) is 29.7 Å². The molecule has 116 valence electrons. The zero-order valence-corrected chi connectivity index (χ0v) is 12.5. The summed E-state index contributed by atoms with van der Waals surface area (Å²) in [6, 6.07) is 10.1. The van der Waals surface area contributed by atoms with E-state index in [0.29, 0.717) is 6.42 Å². The van der Waals surface area contributed by atoms with Gasteiger partial charge in [-0.25, -0.2) is 14.2 Å². The second kappa shape index (κ2) is 6.04. The van der Waals surface area contributed by atoms with E-state index in [1.54, 1.807) is 18.2 Å². The summed E-state index contributed by atoms with van der Waals surface area (Å²) in [6.07, 6.45) is 5.05. The normalized spacial score (nSPS) is 11.4. The van der Waals surface area contributed by atoms with Gasteiger partial charge in [-0.15, -0.1) is 0 Å². The van der Waals surface area contributed by atoms with Crippen molar-refractivity contribution in [2.24, 2.45) is 0 Å². The SMILES string of the molecule is Cc1ccc2nc(Cc3ccc(F)cc3)c(/C=C/C(=O)O)n2c1. The van der Waals surface area contributed by atoms with Crippen LogP contribution in [0.15, 0.2) is 48.7 Å². The number of aliphatic carboxylic acids is 1. The molecule has 0 bridgehead atoms. The number of imidazole rings is 1. The summed E-state index contributed by atoms with van der Waals surface area (Å²) in [5.74, 6) is -1.30. The van der Waals surface area contributed by atoms with Crippen molar-refractivity contribution < 1.29 is 14.3 Å². The predicted octanol–water partition coefficient (Wildman–Crippen LogP) is 3.47. The van der Waals surface area contributed by atoms with Crippen molar-refractivity contribution in [3.63, 3.8) is 0 Å². The van der Waals surface area contributed by atoms with E-state index >= 15 is 0 Å². The fourth-order valence-corrected chi connectivity index (χ4v) is 2.47. The molecule has 0 saturated carbocycles. The predicted molar refractivity (Wildman–Crippen MR) is 85.8 cm³/mol. The van der Waals surface area contributed by atoms with Gasteiger partial charge in [-0.3, -0.25) is 4.40 Å². The Hall–Kier alpha value is -2.95. The fraction of sp³-hybridized carbons (Fsp3) is 0.111. The van der Waals surface area contributed by atoms with E-state index in [2.05, 4.69) is 4.98 Å². The van der Waals surface area contributed by atoms with Gasteiger partial charge < -0.3 is 5.11 Å². The van der Waals surface area contributed by atoms with Gasteiger partial charge in [0.25, 0.3) is 0 Å². The summed E-state index contributed by atoms with van der Waals surface area (Å²) in [7, 11) is 0. The van der Waals surface area contributed by atoms with Crippen LogP contribution in [-0.2, 0) is 11.2 Å². The maximum atomic E-state index is 13.0. The van der Waals surface area contributed by atoms with Crippen molar-refractivity contribution in [1.29, 1.82) is 0 Å². The monoisotopic (exact) mass is 310 g/mol. The standard InChI is InChI=1S/C18H15FN2O2/c1-12-2-8-17-20-15(10-13-3-5-14(19)6-4-13)16(21(17)11-12)7-9-18(22)23/h2-9,11H,10H2,1H3,(H,22,23)/b9-7+. The molecule has 3 aromatic rings. The highest BCUT2D eigenvalue weighted by atomic mass is 19.1. The van der Waals surface area contributed by atoms with Crippen LogP contribution in [-0.4, -0.2) is 20.5 Å². The number of halogens is 1. The summed E-state index contributed by atoms with van der Waals surface area (Å²) in [5, 5.41) is 8.89. The number of nitrogens with zero attached hydrogens (tertiary/aromatic N) is 2. The van der Waals surface area contributed by atoms with Crippen LogP contribution in [0.5, 0.6) is 0 Å². The fourth-order valence-electron chi connectivity index (χ4n) is 2.47. The molecule has 0 spiro atoms. The number of carbonyl (C=O) groups is 1. The molecular formula is C18H15FN2O2. The molecule has 0 atom stereocenters. The van der Waals surface area contributed by atoms with Crippen molar-refractivity contribution in [3.05, 3.63) is 77.0 Å². The molecule has 1 N–H and O–H groups in total. The van der Waals surface area contributed by atoms with E-state index in [4.69, 9.17) is 5.11 Å². The first-order chi connectivity index (χ1) is 11.0. The average Bonchev–Trinajstić information content (AvgIpc) is 2.84. The highest BCUT2D eigenvalue weighted by Gasteiger charge is 2.11. The number of hydrogen-bond acceptors (Lipinski definition) is 2. The molecule has 0 aliphatic rings. The van der Waals surface area contributed by atoms with Gasteiger partial charge in [0.2, 0.25) is 0 Å². The lowest BCUT2D eigenvalue weighted by Crippen LogP contribution is -1.95. The quantitative estimate of drug-likeness (QED) is 0.751. The second-order valence-electron chi connectivity index (χ2n) is 5.35. The highest BCUT2D eigenvalue weighted by molar-refractivity contribution is 5.85. The molecule has 0 aliphatic heterocycles.